The van der Waals surface area contributed by atoms with Gasteiger partial charge in [0.15, 0.2) is 0 Å². The Hall–Kier alpha value is -2.75. The fourth-order valence-corrected chi connectivity index (χ4v) is 3.89. The molecule has 0 aliphatic carbocycles. The number of carbonyl (C=O) groups excluding carboxylic acids is 1. The number of benzene rings is 2. The predicted octanol–water partition coefficient (Wildman–Crippen LogP) is 4.56. The summed E-state index contributed by atoms with van der Waals surface area (Å²) in [6, 6.07) is 17.1. The number of rotatable bonds is 7. The van der Waals surface area contributed by atoms with Crippen LogP contribution in [-0.2, 0) is 11.2 Å². The highest BCUT2D eigenvalue weighted by Crippen LogP contribution is 2.25. The molecule has 1 amide bonds. The number of aromatic nitrogens is 4. The second-order valence-corrected chi connectivity index (χ2v) is 8.31. The summed E-state index contributed by atoms with van der Waals surface area (Å²) in [6.07, 6.45) is 0.679. The van der Waals surface area contributed by atoms with Gasteiger partial charge in [0.2, 0.25) is 16.9 Å². The van der Waals surface area contributed by atoms with Crippen LogP contribution < -0.4 is 5.32 Å². The van der Waals surface area contributed by atoms with Gasteiger partial charge >= 0.3 is 0 Å². The van der Waals surface area contributed by atoms with Gasteiger partial charge in [0, 0.05) is 17.0 Å². The summed E-state index contributed by atoms with van der Waals surface area (Å²) in [4.78, 5) is 12.2. The van der Waals surface area contributed by atoms with E-state index in [9.17, 15) is 4.79 Å². The van der Waals surface area contributed by atoms with E-state index in [1.165, 1.54) is 11.3 Å². The largest absolute Gasteiger partial charge is 0.411 e. The molecule has 0 fully saturated rings. The van der Waals surface area contributed by atoms with Crippen LogP contribution in [0, 0.1) is 0 Å². The summed E-state index contributed by atoms with van der Waals surface area (Å²) >= 11 is 8.38. The lowest BCUT2D eigenvalue weighted by molar-refractivity contribution is -0.113. The van der Waals surface area contributed by atoms with Crippen molar-refractivity contribution in [3.05, 3.63) is 70.2 Å². The molecule has 146 valence electrons. The summed E-state index contributed by atoms with van der Waals surface area (Å²) in [5, 5.41) is 21.1. The van der Waals surface area contributed by atoms with E-state index in [0.29, 0.717) is 27.7 Å². The SMILES string of the molecule is O=C(CSc1nnc(-c2ccc(Cl)cc2)o1)Nc1nnc(Cc2ccccc2)s1. The number of amides is 1. The second kappa shape index (κ2) is 9.17. The quantitative estimate of drug-likeness (QED) is 0.418. The lowest BCUT2D eigenvalue weighted by atomic mass is 10.2. The fourth-order valence-electron chi connectivity index (χ4n) is 2.41. The van der Waals surface area contributed by atoms with Crippen molar-refractivity contribution in [3.8, 4) is 11.5 Å². The zero-order valence-corrected chi connectivity index (χ0v) is 17.3. The molecule has 4 aromatic rings. The summed E-state index contributed by atoms with van der Waals surface area (Å²) in [7, 11) is 0. The van der Waals surface area contributed by atoms with Gasteiger partial charge in [0.05, 0.1) is 5.75 Å². The van der Waals surface area contributed by atoms with E-state index in [1.54, 1.807) is 24.3 Å². The average Bonchev–Trinajstić information content (AvgIpc) is 3.37. The molecular formula is C19H14ClN5O2S2. The highest BCUT2D eigenvalue weighted by Gasteiger charge is 2.13. The van der Waals surface area contributed by atoms with Crippen LogP contribution in [0.5, 0.6) is 0 Å². The van der Waals surface area contributed by atoms with Gasteiger partial charge in [0.1, 0.15) is 5.01 Å². The van der Waals surface area contributed by atoms with E-state index in [0.717, 1.165) is 27.9 Å². The molecule has 0 aliphatic rings. The Morgan fingerprint density at radius 2 is 1.83 bits per heavy atom. The molecular weight excluding hydrogens is 430 g/mol. The van der Waals surface area contributed by atoms with Crippen molar-refractivity contribution < 1.29 is 9.21 Å². The van der Waals surface area contributed by atoms with Crippen molar-refractivity contribution in [1.29, 1.82) is 0 Å². The number of thioether (sulfide) groups is 1. The lowest BCUT2D eigenvalue weighted by Gasteiger charge is -1.98. The van der Waals surface area contributed by atoms with Gasteiger partial charge in [-0.15, -0.1) is 20.4 Å². The van der Waals surface area contributed by atoms with Gasteiger partial charge in [-0.3, -0.25) is 10.1 Å². The minimum absolute atomic E-state index is 0.121. The van der Waals surface area contributed by atoms with E-state index in [-0.39, 0.29) is 11.7 Å². The maximum atomic E-state index is 12.2. The molecule has 29 heavy (non-hydrogen) atoms. The molecule has 0 radical (unpaired) electrons. The normalized spacial score (nSPS) is 10.8. The third-order valence-corrected chi connectivity index (χ3v) is 5.64. The zero-order chi connectivity index (χ0) is 20.1. The van der Waals surface area contributed by atoms with Gasteiger partial charge < -0.3 is 4.42 Å². The predicted molar refractivity (Wildman–Crippen MR) is 113 cm³/mol. The van der Waals surface area contributed by atoms with Crippen molar-refractivity contribution in [2.24, 2.45) is 0 Å². The first kappa shape index (κ1) is 19.6. The monoisotopic (exact) mass is 443 g/mol. The van der Waals surface area contributed by atoms with Gasteiger partial charge in [0.25, 0.3) is 5.22 Å². The summed E-state index contributed by atoms with van der Waals surface area (Å²) in [5.41, 5.74) is 1.91. The van der Waals surface area contributed by atoms with Crippen LogP contribution in [0.25, 0.3) is 11.5 Å². The standard InChI is InChI=1S/C19H14ClN5O2S2/c20-14-8-6-13(7-9-14)17-23-25-19(27-17)28-11-15(26)21-18-24-22-16(29-18)10-12-4-2-1-3-5-12/h1-9H,10-11H2,(H,21,24,26). The second-order valence-electron chi connectivity index (χ2n) is 5.88. The molecule has 2 aromatic heterocycles. The molecule has 0 bridgehead atoms. The molecule has 4 rings (SSSR count). The maximum absolute atomic E-state index is 12.2. The maximum Gasteiger partial charge on any atom is 0.277 e. The van der Waals surface area contributed by atoms with Crippen molar-refractivity contribution in [1.82, 2.24) is 20.4 Å². The Kier molecular flexibility index (Phi) is 6.18. The third kappa shape index (κ3) is 5.41. The molecule has 2 heterocycles. The van der Waals surface area contributed by atoms with E-state index in [4.69, 9.17) is 16.0 Å². The van der Waals surface area contributed by atoms with Gasteiger partial charge in [-0.1, -0.05) is 65.0 Å². The van der Waals surface area contributed by atoms with Crippen LogP contribution in [-0.4, -0.2) is 32.1 Å². The zero-order valence-electron chi connectivity index (χ0n) is 14.9. The molecule has 2 aromatic carbocycles. The summed E-state index contributed by atoms with van der Waals surface area (Å²) < 4.78 is 5.57. The van der Waals surface area contributed by atoms with Gasteiger partial charge in [-0.2, -0.15) is 0 Å². The first-order valence-electron chi connectivity index (χ1n) is 8.54. The molecule has 0 saturated heterocycles. The smallest absolute Gasteiger partial charge is 0.277 e. The third-order valence-electron chi connectivity index (χ3n) is 3.74. The highest BCUT2D eigenvalue weighted by atomic mass is 35.5. The minimum atomic E-state index is -0.219. The number of nitrogens with one attached hydrogen (secondary N) is 1. The van der Waals surface area contributed by atoms with Crippen LogP contribution >= 0.6 is 34.7 Å². The van der Waals surface area contributed by atoms with Gasteiger partial charge in [-0.25, -0.2) is 0 Å². The number of hydrogen-bond donors (Lipinski definition) is 1. The van der Waals surface area contributed by atoms with Crippen molar-refractivity contribution in [2.75, 3.05) is 11.1 Å². The van der Waals surface area contributed by atoms with E-state index >= 15 is 0 Å². The van der Waals surface area contributed by atoms with Crippen LogP contribution in [0.4, 0.5) is 5.13 Å². The summed E-state index contributed by atoms with van der Waals surface area (Å²) in [6.45, 7) is 0. The number of nitrogens with zero attached hydrogens (tertiary/aromatic N) is 4. The number of hydrogen-bond acceptors (Lipinski definition) is 8. The Bertz CT molecular complexity index is 1100. The van der Waals surface area contributed by atoms with E-state index < -0.39 is 0 Å². The molecule has 0 aliphatic heterocycles. The van der Waals surface area contributed by atoms with Crippen LogP contribution in [0.3, 0.4) is 0 Å². The molecule has 0 atom stereocenters. The Morgan fingerprint density at radius 3 is 2.62 bits per heavy atom. The molecule has 0 spiro atoms. The first-order chi connectivity index (χ1) is 14.2. The summed E-state index contributed by atoms with van der Waals surface area (Å²) in [5.74, 6) is 0.276. The Labute approximate surface area is 179 Å². The van der Waals surface area contributed by atoms with Crippen molar-refractivity contribution in [3.63, 3.8) is 0 Å². The molecule has 0 unspecified atom stereocenters. The number of halogens is 1. The lowest BCUT2D eigenvalue weighted by Crippen LogP contribution is -2.13. The number of anilines is 1. The molecule has 0 saturated carbocycles. The van der Waals surface area contributed by atoms with Crippen molar-refractivity contribution in [2.45, 2.75) is 11.6 Å². The molecule has 7 nitrogen and oxygen atoms in total. The fraction of sp³-hybridized carbons (Fsp3) is 0.105. The topological polar surface area (TPSA) is 93.8 Å². The van der Waals surface area contributed by atoms with Crippen LogP contribution in [0.15, 0.2) is 64.2 Å². The average molecular weight is 444 g/mol. The van der Waals surface area contributed by atoms with E-state index in [1.807, 2.05) is 30.3 Å². The van der Waals surface area contributed by atoms with E-state index in [2.05, 4.69) is 25.7 Å². The first-order valence-corrected chi connectivity index (χ1v) is 10.7. The van der Waals surface area contributed by atoms with Crippen molar-refractivity contribution >= 4 is 45.7 Å². The molecule has 10 heteroatoms. The minimum Gasteiger partial charge on any atom is -0.411 e. The Morgan fingerprint density at radius 1 is 1.03 bits per heavy atom. The van der Waals surface area contributed by atoms with Crippen LogP contribution in [0.1, 0.15) is 10.6 Å². The van der Waals surface area contributed by atoms with Gasteiger partial charge in [-0.05, 0) is 29.8 Å². The number of carbonyl (C=O) groups is 1. The van der Waals surface area contributed by atoms with Crippen LogP contribution in [0.2, 0.25) is 5.02 Å². The highest BCUT2D eigenvalue weighted by molar-refractivity contribution is 7.99. The Balaban J connectivity index is 1.29. The molecule has 1 N–H and O–H groups in total.